The monoisotopic (exact) mass is 308 g/mol. The van der Waals surface area contributed by atoms with Crippen molar-refractivity contribution in [2.45, 2.75) is 6.18 Å². The van der Waals surface area contributed by atoms with Gasteiger partial charge in [-0.2, -0.15) is 13.2 Å². The predicted molar refractivity (Wildman–Crippen MR) is 74.6 cm³/mol. The maximum atomic E-state index is 12.1. The molecule has 0 radical (unpaired) electrons. The molecule has 0 aliphatic rings. The van der Waals surface area contributed by atoms with Gasteiger partial charge >= 0.3 is 6.18 Å². The molecule has 0 unspecified atom stereocenters. The average Bonchev–Trinajstić information content (AvgIpc) is 2.48. The summed E-state index contributed by atoms with van der Waals surface area (Å²) in [4.78, 5) is 10.8. The molecule has 22 heavy (non-hydrogen) atoms. The van der Waals surface area contributed by atoms with Crippen LogP contribution in [0.5, 0.6) is 11.5 Å². The van der Waals surface area contributed by atoms with Gasteiger partial charge in [0, 0.05) is 11.6 Å². The molecule has 0 spiro atoms. The Morgan fingerprint density at radius 1 is 0.955 bits per heavy atom. The number of para-hydroxylation sites is 1. The average molecular weight is 308 g/mol. The van der Waals surface area contributed by atoms with Crippen molar-refractivity contribution in [3.63, 3.8) is 0 Å². The molecular weight excluding hydrogens is 297 g/mol. The quantitative estimate of drug-likeness (QED) is 0.668. The second-order valence-electron chi connectivity index (χ2n) is 4.33. The standard InChI is InChI=1S/C16H11F3O3/c17-16(18,19)15(21)10-14(20)11-6-8-13(9-7-11)22-12-4-2-1-3-5-12/h1-10,20H/b14-10-. The molecule has 0 aromatic heterocycles. The molecule has 0 aliphatic carbocycles. The third-order valence-electron chi connectivity index (χ3n) is 2.68. The Labute approximate surface area is 124 Å². The second-order valence-corrected chi connectivity index (χ2v) is 4.33. The minimum absolute atomic E-state index is 0.0815. The van der Waals surface area contributed by atoms with Crippen molar-refractivity contribution in [1.29, 1.82) is 0 Å². The van der Waals surface area contributed by atoms with Gasteiger partial charge < -0.3 is 9.84 Å². The molecule has 2 rings (SSSR count). The first-order valence-electron chi connectivity index (χ1n) is 6.21. The molecular formula is C16H11F3O3. The van der Waals surface area contributed by atoms with Crippen LogP contribution in [0.4, 0.5) is 13.2 Å². The summed E-state index contributed by atoms with van der Waals surface area (Å²) in [5.41, 5.74) is 0.0815. The summed E-state index contributed by atoms with van der Waals surface area (Å²) in [6, 6.07) is 14.6. The molecule has 0 amide bonds. The van der Waals surface area contributed by atoms with Gasteiger partial charge in [-0.1, -0.05) is 18.2 Å². The third kappa shape index (κ3) is 4.12. The first kappa shape index (κ1) is 15.6. The lowest BCUT2D eigenvalue weighted by Gasteiger charge is -2.07. The van der Waals surface area contributed by atoms with Crippen LogP contribution < -0.4 is 4.74 Å². The van der Waals surface area contributed by atoms with Crippen molar-refractivity contribution in [1.82, 2.24) is 0 Å². The predicted octanol–water partition coefficient (Wildman–Crippen LogP) is 4.51. The van der Waals surface area contributed by atoms with E-state index in [1.807, 2.05) is 6.07 Å². The largest absolute Gasteiger partial charge is 0.507 e. The summed E-state index contributed by atoms with van der Waals surface area (Å²) in [6.07, 6.45) is -4.86. The molecule has 0 heterocycles. The van der Waals surface area contributed by atoms with E-state index in [1.54, 1.807) is 24.3 Å². The van der Waals surface area contributed by atoms with Crippen LogP contribution in [0.3, 0.4) is 0 Å². The number of rotatable bonds is 4. The first-order valence-corrected chi connectivity index (χ1v) is 6.21. The minimum Gasteiger partial charge on any atom is -0.507 e. The first-order chi connectivity index (χ1) is 10.4. The Bertz CT molecular complexity index is 674. The normalized spacial score (nSPS) is 12.0. The Morgan fingerprint density at radius 2 is 1.50 bits per heavy atom. The van der Waals surface area contributed by atoms with Gasteiger partial charge in [-0.3, -0.25) is 4.79 Å². The number of aliphatic hydroxyl groups is 1. The van der Waals surface area contributed by atoms with E-state index in [4.69, 9.17) is 4.74 Å². The maximum Gasteiger partial charge on any atom is 0.454 e. The zero-order chi connectivity index (χ0) is 16.2. The number of allylic oxidation sites excluding steroid dienone is 1. The third-order valence-corrected chi connectivity index (χ3v) is 2.68. The van der Waals surface area contributed by atoms with Crippen molar-refractivity contribution in [2.24, 2.45) is 0 Å². The van der Waals surface area contributed by atoms with Crippen LogP contribution >= 0.6 is 0 Å². The molecule has 0 saturated heterocycles. The van der Waals surface area contributed by atoms with Gasteiger partial charge in [0.05, 0.1) is 0 Å². The van der Waals surface area contributed by atoms with Crippen LogP contribution in [0.25, 0.3) is 5.76 Å². The molecule has 2 aromatic rings. The smallest absolute Gasteiger partial charge is 0.454 e. The van der Waals surface area contributed by atoms with Gasteiger partial charge in [0.25, 0.3) is 5.78 Å². The van der Waals surface area contributed by atoms with E-state index in [1.165, 1.54) is 24.3 Å². The summed E-state index contributed by atoms with van der Waals surface area (Å²) in [7, 11) is 0. The number of carbonyl (C=O) groups excluding carboxylic acids is 1. The van der Waals surface area contributed by atoms with E-state index in [9.17, 15) is 23.1 Å². The maximum absolute atomic E-state index is 12.1. The van der Waals surface area contributed by atoms with E-state index in [-0.39, 0.29) is 11.6 Å². The van der Waals surface area contributed by atoms with Crippen LogP contribution in [0.2, 0.25) is 0 Å². The highest BCUT2D eigenvalue weighted by Crippen LogP contribution is 2.24. The number of hydrogen-bond acceptors (Lipinski definition) is 3. The zero-order valence-electron chi connectivity index (χ0n) is 11.2. The van der Waals surface area contributed by atoms with Crippen LogP contribution in [-0.4, -0.2) is 17.1 Å². The fourth-order valence-corrected chi connectivity index (χ4v) is 1.61. The van der Waals surface area contributed by atoms with Crippen molar-refractivity contribution in [2.75, 3.05) is 0 Å². The van der Waals surface area contributed by atoms with E-state index in [0.717, 1.165) is 0 Å². The Kier molecular flexibility index (Phi) is 4.50. The topological polar surface area (TPSA) is 46.5 Å². The Morgan fingerprint density at radius 3 is 2.05 bits per heavy atom. The van der Waals surface area contributed by atoms with Gasteiger partial charge in [0.1, 0.15) is 17.3 Å². The zero-order valence-corrected chi connectivity index (χ0v) is 11.2. The van der Waals surface area contributed by atoms with Crippen molar-refractivity contribution >= 4 is 11.5 Å². The molecule has 6 heteroatoms. The Balaban J connectivity index is 2.12. The fourth-order valence-electron chi connectivity index (χ4n) is 1.61. The molecule has 0 fully saturated rings. The van der Waals surface area contributed by atoms with Crippen molar-refractivity contribution in [3.05, 3.63) is 66.2 Å². The molecule has 0 bridgehead atoms. The van der Waals surface area contributed by atoms with Crippen LogP contribution in [-0.2, 0) is 4.79 Å². The van der Waals surface area contributed by atoms with Crippen LogP contribution in [0.1, 0.15) is 5.56 Å². The molecule has 1 N–H and O–H groups in total. The van der Waals surface area contributed by atoms with Gasteiger partial charge in [-0.05, 0) is 36.4 Å². The molecule has 3 nitrogen and oxygen atoms in total. The van der Waals surface area contributed by atoms with Crippen molar-refractivity contribution in [3.8, 4) is 11.5 Å². The van der Waals surface area contributed by atoms with Crippen molar-refractivity contribution < 1.29 is 27.8 Å². The van der Waals surface area contributed by atoms with Crippen LogP contribution in [0, 0.1) is 0 Å². The lowest BCUT2D eigenvalue weighted by atomic mass is 10.1. The van der Waals surface area contributed by atoms with E-state index in [2.05, 4.69) is 0 Å². The summed E-state index contributed by atoms with van der Waals surface area (Å²) < 4.78 is 41.8. The molecule has 0 atom stereocenters. The number of aliphatic hydroxyl groups excluding tert-OH is 1. The highest BCUT2D eigenvalue weighted by molar-refractivity contribution is 5.99. The van der Waals surface area contributed by atoms with Crippen LogP contribution in [0.15, 0.2) is 60.7 Å². The van der Waals surface area contributed by atoms with Gasteiger partial charge in [0.2, 0.25) is 0 Å². The molecule has 114 valence electrons. The summed E-state index contributed by atoms with van der Waals surface area (Å²) in [5.74, 6) is -1.82. The number of ether oxygens (including phenoxy) is 1. The second kappa shape index (κ2) is 6.34. The molecule has 0 aliphatic heterocycles. The number of hydrogen-bond donors (Lipinski definition) is 1. The van der Waals surface area contributed by atoms with Gasteiger partial charge in [-0.15, -0.1) is 0 Å². The summed E-state index contributed by atoms with van der Waals surface area (Å²) >= 11 is 0. The number of alkyl halides is 3. The molecule has 0 saturated carbocycles. The lowest BCUT2D eigenvalue weighted by Crippen LogP contribution is -2.20. The number of ketones is 1. The summed E-state index contributed by atoms with van der Waals surface area (Å²) in [5, 5.41) is 9.53. The fraction of sp³-hybridized carbons (Fsp3) is 0.0625. The molecule has 2 aromatic carbocycles. The van der Waals surface area contributed by atoms with Gasteiger partial charge in [0.15, 0.2) is 0 Å². The lowest BCUT2D eigenvalue weighted by molar-refractivity contribution is -0.165. The van der Waals surface area contributed by atoms with E-state index >= 15 is 0 Å². The van der Waals surface area contributed by atoms with E-state index < -0.39 is 17.7 Å². The minimum atomic E-state index is -5.01. The number of halogens is 3. The van der Waals surface area contributed by atoms with E-state index in [0.29, 0.717) is 11.5 Å². The van der Waals surface area contributed by atoms with Gasteiger partial charge in [-0.25, -0.2) is 0 Å². The summed E-state index contributed by atoms with van der Waals surface area (Å²) in [6.45, 7) is 0. The number of carbonyl (C=O) groups is 1. The number of benzene rings is 2. The highest BCUT2D eigenvalue weighted by Gasteiger charge is 2.36. The SMILES string of the molecule is O=C(/C=C(\O)c1ccc(Oc2ccccc2)cc1)C(F)(F)F. The highest BCUT2D eigenvalue weighted by atomic mass is 19.4. The Hall–Kier alpha value is -2.76.